The predicted molar refractivity (Wildman–Crippen MR) is 65.0 cm³/mol. The first-order valence-electron chi connectivity index (χ1n) is 6.21. The molecule has 0 atom stereocenters. The van der Waals surface area contributed by atoms with Crippen molar-refractivity contribution in [3.8, 4) is 0 Å². The third-order valence-corrected chi connectivity index (χ3v) is 2.68. The van der Waals surface area contributed by atoms with Crippen molar-refractivity contribution in [2.75, 3.05) is 0 Å². The van der Waals surface area contributed by atoms with Crippen LogP contribution < -0.4 is 0 Å². The van der Waals surface area contributed by atoms with Gasteiger partial charge in [-0.3, -0.25) is 0 Å². The fourth-order valence-corrected chi connectivity index (χ4v) is 1.81. The summed E-state index contributed by atoms with van der Waals surface area (Å²) in [6.45, 7) is 7.14. The molecule has 0 aromatic carbocycles. The molecular formula is C12H21N3O2. The second-order valence-corrected chi connectivity index (χ2v) is 4.70. The summed E-state index contributed by atoms with van der Waals surface area (Å²) >= 11 is 0. The molecule has 5 nitrogen and oxygen atoms in total. The van der Waals surface area contributed by atoms with E-state index >= 15 is 0 Å². The number of aromatic carboxylic acids is 1. The minimum Gasteiger partial charge on any atom is -0.476 e. The van der Waals surface area contributed by atoms with Crippen LogP contribution in [0.4, 0.5) is 0 Å². The molecule has 0 bridgehead atoms. The molecule has 0 saturated heterocycles. The average molecular weight is 239 g/mol. The number of carbonyl (C=O) groups is 1. The molecule has 0 saturated carbocycles. The molecule has 0 amide bonds. The third kappa shape index (κ3) is 3.84. The zero-order valence-electron chi connectivity index (χ0n) is 10.8. The van der Waals surface area contributed by atoms with Crippen LogP contribution in [0, 0.1) is 5.92 Å². The van der Waals surface area contributed by atoms with Crippen molar-refractivity contribution < 1.29 is 9.90 Å². The fourth-order valence-electron chi connectivity index (χ4n) is 1.81. The van der Waals surface area contributed by atoms with Crippen molar-refractivity contribution in [3.63, 3.8) is 0 Å². The highest BCUT2D eigenvalue weighted by Crippen LogP contribution is 2.11. The molecule has 0 spiro atoms. The van der Waals surface area contributed by atoms with E-state index in [0.717, 1.165) is 37.9 Å². The summed E-state index contributed by atoms with van der Waals surface area (Å²) in [6.07, 6.45) is 3.75. The van der Waals surface area contributed by atoms with E-state index < -0.39 is 5.97 Å². The van der Waals surface area contributed by atoms with Gasteiger partial charge in [0.15, 0.2) is 5.69 Å². The zero-order chi connectivity index (χ0) is 12.8. The number of carboxylic acids is 1. The highest BCUT2D eigenvalue weighted by atomic mass is 16.4. The molecule has 17 heavy (non-hydrogen) atoms. The Hall–Kier alpha value is -1.39. The molecule has 1 rings (SSSR count). The van der Waals surface area contributed by atoms with Crippen LogP contribution in [0.2, 0.25) is 0 Å². The topological polar surface area (TPSA) is 68.0 Å². The Kier molecular flexibility index (Phi) is 5.12. The second-order valence-electron chi connectivity index (χ2n) is 4.70. The largest absolute Gasteiger partial charge is 0.476 e. The van der Waals surface area contributed by atoms with Crippen LogP contribution >= 0.6 is 0 Å². The summed E-state index contributed by atoms with van der Waals surface area (Å²) in [4.78, 5) is 11.0. The van der Waals surface area contributed by atoms with E-state index in [1.165, 1.54) is 0 Å². The zero-order valence-corrected chi connectivity index (χ0v) is 10.8. The number of hydrogen-bond acceptors (Lipinski definition) is 3. The lowest BCUT2D eigenvalue weighted by Gasteiger charge is -2.07. The van der Waals surface area contributed by atoms with Gasteiger partial charge in [0.2, 0.25) is 0 Å². The van der Waals surface area contributed by atoms with Crippen molar-refractivity contribution in [1.82, 2.24) is 15.0 Å². The van der Waals surface area contributed by atoms with Crippen LogP contribution in [0.5, 0.6) is 0 Å². The lowest BCUT2D eigenvalue weighted by molar-refractivity contribution is 0.0689. The molecule has 1 aromatic rings. The molecule has 0 aliphatic carbocycles. The van der Waals surface area contributed by atoms with Crippen LogP contribution in [-0.4, -0.2) is 26.1 Å². The van der Waals surface area contributed by atoms with Gasteiger partial charge in [0, 0.05) is 6.54 Å². The fraction of sp³-hybridized carbons (Fsp3) is 0.750. The van der Waals surface area contributed by atoms with Crippen LogP contribution in [0.15, 0.2) is 0 Å². The van der Waals surface area contributed by atoms with E-state index in [1.807, 2.05) is 6.92 Å². The smallest absolute Gasteiger partial charge is 0.358 e. The van der Waals surface area contributed by atoms with Gasteiger partial charge in [0.05, 0.1) is 5.69 Å². The Balaban J connectivity index is 2.73. The van der Waals surface area contributed by atoms with Crippen molar-refractivity contribution in [1.29, 1.82) is 0 Å². The van der Waals surface area contributed by atoms with E-state index in [9.17, 15) is 4.79 Å². The van der Waals surface area contributed by atoms with E-state index in [-0.39, 0.29) is 5.69 Å². The highest BCUT2D eigenvalue weighted by molar-refractivity contribution is 5.86. The molecule has 96 valence electrons. The molecule has 1 heterocycles. The van der Waals surface area contributed by atoms with Gasteiger partial charge in [-0.05, 0) is 25.2 Å². The normalized spacial score (nSPS) is 11.1. The predicted octanol–water partition coefficient (Wildman–Crippen LogP) is 2.37. The Morgan fingerprint density at radius 3 is 2.71 bits per heavy atom. The molecule has 0 aliphatic heterocycles. The first kappa shape index (κ1) is 13.7. The average Bonchev–Trinajstić information content (AvgIpc) is 2.62. The van der Waals surface area contributed by atoms with Crippen LogP contribution in [0.25, 0.3) is 0 Å². The number of carboxylic acid groups (broad SMARTS) is 1. The number of rotatable bonds is 7. The number of hydrogen-bond donors (Lipinski definition) is 1. The summed E-state index contributed by atoms with van der Waals surface area (Å²) in [5, 5.41) is 16.7. The minimum atomic E-state index is -0.983. The van der Waals surface area contributed by atoms with E-state index in [0.29, 0.717) is 5.92 Å². The van der Waals surface area contributed by atoms with Gasteiger partial charge in [-0.1, -0.05) is 32.4 Å². The number of nitrogens with zero attached hydrogens (tertiary/aromatic N) is 3. The van der Waals surface area contributed by atoms with Gasteiger partial charge in [0.25, 0.3) is 0 Å². The molecule has 0 radical (unpaired) electrons. The van der Waals surface area contributed by atoms with Crippen molar-refractivity contribution in [3.05, 3.63) is 11.4 Å². The van der Waals surface area contributed by atoms with Gasteiger partial charge in [-0.25, -0.2) is 9.48 Å². The lowest BCUT2D eigenvalue weighted by Crippen LogP contribution is -2.09. The Morgan fingerprint density at radius 2 is 2.18 bits per heavy atom. The second kappa shape index (κ2) is 6.37. The molecule has 1 N–H and O–H groups in total. The van der Waals surface area contributed by atoms with E-state index in [4.69, 9.17) is 5.11 Å². The van der Waals surface area contributed by atoms with Crippen molar-refractivity contribution in [2.45, 2.75) is 53.0 Å². The Morgan fingerprint density at radius 1 is 1.47 bits per heavy atom. The first-order chi connectivity index (χ1) is 8.06. The van der Waals surface area contributed by atoms with Crippen molar-refractivity contribution in [2.24, 2.45) is 5.92 Å². The van der Waals surface area contributed by atoms with E-state index in [2.05, 4.69) is 24.2 Å². The molecular weight excluding hydrogens is 218 g/mol. The van der Waals surface area contributed by atoms with Crippen LogP contribution in [0.3, 0.4) is 0 Å². The third-order valence-electron chi connectivity index (χ3n) is 2.68. The molecule has 1 aromatic heterocycles. The van der Waals surface area contributed by atoms with Gasteiger partial charge in [0.1, 0.15) is 0 Å². The van der Waals surface area contributed by atoms with Gasteiger partial charge in [-0.2, -0.15) is 0 Å². The van der Waals surface area contributed by atoms with Crippen molar-refractivity contribution >= 4 is 5.97 Å². The number of aryl methyl sites for hydroxylation is 1. The lowest BCUT2D eigenvalue weighted by atomic mass is 10.1. The summed E-state index contributed by atoms with van der Waals surface area (Å²) in [7, 11) is 0. The van der Waals surface area contributed by atoms with Gasteiger partial charge < -0.3 is 5.11 Å². The van der Waals surface area contributed by atoms with Crippen LogP contribution in [0.1, 0.15) is 56.2 Å². The minimum absolute atomic E-state index is 0.108. The Labute approximate surface area is 102 Å². The maximum absolute atomic E-state index is 11.0. The highest BCUT2D eigenvalue weighted by Gasteiger charge is 2.17. The quantitative estimate of drug-likeness (QED) is 0.793. The van der Waals surface area contributed by atoms with Crippen LogP contribution in [-0.2, 0) is 13.0 Å². The number of aromatic nitrogens is 3. The molecule has 0 aliphatic rings. The monoisotopic (exact) mass is 239 g/mol. The standard InChI is InChI=1S/C12H21N3O2/c1-4-6-10-11(12(16)17)13-14-15(10)8-5-7-9(2)3/h9H,4-8H2,1-3H3,(H,16,17). The van der Waals surface area contributed by atoms with Gasteiger partial charge >= 0.3 is 5.97 Å². The maximum Gasteiger partial charge on any atom is 0.358 e. The summed E-state index contributed by atoms with van der Waals surface area (Å²) in [5.74, 6) is -0.323. The molecule has 0 unspecified atom stereocenters. The molecule has 0 fully saturated rings. The Bertz CT molecular complexity index is 372. The molecule has 5 heteroatoms. The summed E-state index contributed by atoms with van der Waals surface area (Å²) in [5.41, 5.74) is 0.861. The summed E-state index contributed by atoms with van der Waals surface area (Å²) < 4.78 is 1.75. The summed E-state index contributed by atoms with van der Waals surface area (Å²) in [6, 6.07) is 0. The van der Waals surface area contributed by atoms with E-state index in [1.54, 1.807) is 4.68 Å². The van der Waals surface area contributed by atoms with Gasteiger partial charge in [-0.15, -0.1) is 5.10 Å². The first-order valence-corrected chi connectivity index (χ1v) is 6.21. The maximum atomic E-state index is 11.0. The SMILES string of the molecule is CCCc1c(C(=O)O)nnn1CCCC(C)C.